The zero-order valence-electron chi connectivity index (χ0n) is 18.3. The van der Waals surface area contributed by atoms with E-state index in [0.29, 0.717) is 12.3 Å². The molecule has 30 heavy (non-hydrogen) atoms. The van der Waals surface area contributed by atoms with E-state index in [1.54, 1.807) is 7.11 Å². The fourth-order valence-electron chi connectivity index (χ4n) is 5.43. The van der Waals surface area contributed by atoms with E-state index >= 15 is 0 Å². The van der Waals surface area contributed by atoms with Gasteiger partial charge >= 0.3 is 0 Å². The molecule has 1 aliphatic heterocycles. The maximum Gasteiger partial charge on any atom is 0.222 e. The minimum Gasteiger partial charge on any atom is -0.497 e. The van der Waals surface area contributed by atoms with Crippen LogP contribution >= 0.6 is 0 Å². The number of benzene rings is 1. The average molecular weight is 411 g/mol. The van der Waals surface area contributed by atoms with Crippen molar-refractivity contribution in [2.24, 2.45) is 5.41 Å². The molecule has 0 bridgehead atoms. The van der Waals surface area contributed by atoms with E-state index in [2.05, 4.69) is 38.7 Å². The molecule has 1 aromatic carbocycles. The molecule has 2 aliphatic rings. The Hall–Kier alpha value is -2.37. The minimum atomic E-state index is 0.173. The molecule has 1 atom stereocenters. The summed E-state index contributed by atoms with van der Waals surface area (Å²) in [6.07, 6.45) is 10.5. The van der Waals surface area contributed by atoms with Gasteiger partial charge < -0.3 is 14.2 Å². The van der Waals surface area contributed by atoms with Crippen LogP contribution < -0.4 is 4.74 Å². The van der Waals surface area contributed by atoms with Crippen LogP contribution in [0.3, 0.4) is 0 Å². The van der Waals surface area contributed by atoms with Gasteiger partial charge in [0.25, 0.3) is 0 Å². The molecular weight excluding hydrogens is 376 g/mol. The van der Waals surface area contributed by atoms with Gasteiger partial charge in [-0.15, -0.1) is 10.2 Å². The van der Waals surface area contributed by atoms with Crippen molar-refractivity contribution in [3.63, 3.8) is 0 Å². The molecule has 162 valence electrons. The molecule has 2 aromatic rings. The van der Waals surface area contributed by atoms with E-state index in [4.69, 9.17) is 4.74 Å². The molecule has 2 heterocycles. The van der Waals surface area contributed by atoms with Crippen LogP contribution in [-0.4, -0.2) is 45.8 Å². The van der Waals surface area contributed by atoms with Gasteiger partial charge in [-0.3, -0.25) is 4.79 Å². The first-order valence-electron chi connectivity index (χ1n) is 11.4. The SMILES string of the molecule is CCCn1cnnc1C1CN(C(=O)CCc2ccc(OC)cc2)CC12CCCCC2. The lowest BCUT2D eigenvalue weighted by molar-refractivity contribution is -0.130. The van der Waals surface area contributed by atoms with Gasteiger partial charge in [-0.2, -0.15) is 0 Å². The molecule has 1 spiro atoms. The third-order valence-corrected chi connectivity index (χ3v) is 7.06. The Bertz CT molecular complexity index is 839. The van der Waals surface area contributed by atoms with Crippen molar-refractivity contribution in [2.45, 2.75) is 70.8 Å². The quantitative estimate of drug-likeness (QED) is 0.686. The Morgan fingerprint density at radius 1 is 1.20 bits per heavy atom. The molecule has 1 aliphatic carbocycles. The van der Waals surface area contributed by atoms with E-state index in [9.17, 15) is 4.79 Å². The van der Waals surface area contributed by atoms with E-state index < -0.39 is 0 Å². The fourth-order valence-corrected chi connectivity index (χ4v) is 5.43. The highest BCUT2D eigenvalue weighted by Crippen LogP contribution is 2.51. The van der Waals surface area contributed by atoms with Crippen LogP contribution in [0.1, 0.15) is 69.2 Å². The molecule has 2 fully saturated rings. The molecule has 1 saturated heterocycles. The van der Waals surface area contributed by atoms with Gasteiger partial charge in [-0.1, -0.05) is 38.3 Å². The van der Waals surface area contributed by atoms with E-state index in [0.717, 1.165) is 44.0 Å². The average Bonchev–Trinajstić information content (AvgIpc) is 3.37. The van der Waals surface area contributed by atoms with E-state index in [-0.39, 0.29) is 11.3 Å². The predicted molar refractivity (Wildman–Crippen MR) is 116 cm³/mol. The molecular formula is C24H34N4O2. The van der Waals surface area contributed by atoms with Crippen molar-refractivity contribution in [1.29, 1.82) is 0 Å². The van der Waals surface area contributed by atoms with Crippen molar-refractivity contribution in [2.75, 3.05) is 20.2 Å². The zero-order valence-corrected chi connectivity index (χ0v) is 18.3. The van der Waals surface area contributed by atoms with E-state index in [1.165, 1.54) is 37.7 Å². The van der Waals surface area contributed by atoms with Crippen LogP contribution in [0.25, 0.3) is 0 Å². The maximum absolute atomic E-state index is 13.2. The summed E-state index contributed by atoms with van der Waals surface area (Å²) < 4.78 is 7.44. The third kappa shape index (κ3) is 4.23. The van der Waals surface area contributed by atoms with Gasteiger partial charge in [-0.25, -0.2) is 0 Å². The summed E-state index contributed by atoms with van der Waals surface area (Å²) in [6.45, 7) is 4.78. The number of carbonyl (C=O) groups is 1. The first-order valence-corrected chi connectivity index (χ1v) is 11.4. The monoisotopic (exact) mass is 410 g/mol. The predicted octanol–water partition coefficient (Wildman–Crippen LogP) is 4.21. The van der Waals surface area contributed by atoms with Crippen LogP contribution in [0.2, 0.25) is 0 Å². The molecule has 1 unspecified atom stereocenters. The molecule has 6 heteroatoms. The van der Waals surface area contributed by atoms with Crippen molar-refractivity contribution in [3.8, 4) is 5.75 Å². The first-order chi connectivity index (χ1) is 14.6. The number of aromatic nitrogens is 3. The molecule has 6 nitrogen and oxygen atoms in total. The van der Waals surface area contributed by atoms with Crippen molar-refractivity contribution in [1.82, 2.24) is 19.7 Å². The van der Waals surface area contributed by atoms with Crippen molar-refractivity contribution < 1.29 is 9.53 Å². The van der Waals surface area contributed by atoms with Gasteiger partial charge in [0, 0.05) is 32.0 Å². The summed E-state index contributed by atoms with van der Waals surface area (Å²) in [5, 5.41) is 8.76. The number of likely N-dealkylation sites (tertiary alicyclic amines) is 1. The largest absolute Gasteiger partial charge is 0.497 e. The van der Waals surface area contributed by atoms with E-state index in [1.807, 2.05) is 18.5 Å². The lowest BCUT2D eigenvalue weighted by atomic mass is 9.67. The number of ether oxygens (including phenoxy) is 1. The van der Waals surface area contributed by atoms with Gasteiger partial charge in [0.1, 0.15) is 17.9 Å². The summed E-state index contributed by atoms with van der Waals surface area (Å²) in [4.78, 5) is 15.3. The standard InChI is InChI=1S/C24H34N4O2/c1-3-15-27-18-25-26-23(27)21-16-28(17-24(21)13-5-4-6-14-24)22(29)12-9-19-7-10-20(30-2)11-8-19/h7-8,10-11,18,21H,3-6,9,12-17H2,1-2H3. The van der Waals surface area contributed by atoms with Crippen LogP contribution in [0.15, 0.2) is 30.6 Å². The van der Waals surface area contributed by atoms with Crippen molar-refractivity contribution >= 4 is 5.91 Å². The highest BCUT2D eigenvalue weighted by atomic mass is 16.5. The smallest absolute Gasteiger partial charge is 0.222 e. The second-order valence-corrected chi connectivity index (χ2v) is 8.98. The van der Waals surface area contributed by atoms with Crippen LogP contribution in [-0.2, 0) is 17.8 Å². The maximum atomic E-state index is 13.2. The Morgan fingerprint density at radius 3 is 2.67 bits per heavy atom. The molecule has 0 N–H and O–H groups in total. The fraction of sp³-hybridized carbons (Fsp3) is 0.625. The number of hydrogen-bond acceptors (Lipinski definition) is 4. The summed E-state index contributed by atoms with van der Waals surface area (Å²) in [5.74, 6) is 2.50. The zero-order chi connectivity index (χ0) is 21.0. The van der Waals surface area contributed by atoms with Gasteiger partial charge in [0.05, 0.1) is 7.11 Å². The summed E-state index contributed by atoms with van der Waals surface area (Å²) in [7, 11) is 1.67. The number of rotatable bonds is 7. The highest BCUT2D eigenvalue weighted by molar-refractivity contribution is 5.77. The highest BCUT2D eigenvalue weighted by Gasteiger charge is 2.50. The number of amides is 1. The topological polar surface area (TPSA) is 60.2 Å². The molecule has 4 rings (SSSR count). The Kier molecular flexibility index (Phi) is 6.40. The Labute approximate surface area is 179 Å². The summed E-state index contributed by atoms with van der Waals surface area (Å²) in [5.41, 5.74) is 1.35. The number of aryl methyl sites for hydroxylation is 2. The number of hydrogen-bond donors (Lipinski definition) is 0. The molecule has 1 amide bonds. The van der Waals surface area contributed by atoms with Crippen LogP contribution in [0, 0.1) is 5.41 Å². The molecule has 1 saturated carbocycles. The lowest BCUT2D eigenvalue weighted by Gasteiger charge is -2.37. The van der Waals surface area contributed by atoms with Crippen molar-refractivity contribution in [3.05, 3.63) is 42.0 Å². The van der Waals surface area contributed by atoms with Crippen LogP contribution in [0.5, 0.6) is 5.75 Å². The first kappa shape index (κ1) is 20.9. The summed E-state index contributed by atoms with van der Waals surface area (Å²) in [6, 6.07) is 8.02. The third-order valence-electron chi connectivity index (χ3n) is 7.06. The lowest BCUT2D eigenvalue weighted by Crippen LogP contribution is -2.34. The van der Waals surface area contributed by atoms with Crippen LogP contribution in [0.4, 0.5) is 0 Å². The normalized spacial score (nSPS) is 20.6. The van der Waals surface area contributed by atoms with Gasteiger partial charge in [-0.05, 0) is 48.8 Å². The van der Waals surface area contributed by atoms with Gasteiger partial charge in [0.2, 0.25) is 5.91 Å². The summed E-state index contributed by atoms with van der Waals surface area (Å²) >= 11 is 0. The Morgan fingerprint density at radius 2 is 1.97 bits per heavy atom. The molecule has 0 radical (unpaired) electrons. The number of nitrogens with zero attached hydrogens (tertiary/aromatic N) is 4. The van der Waals surface area contributed by atoms with Gasteiger partial charge in [0.15, 0.2) is 0 Å². The Balaban J connectivity index is 1.47. The second-order valence-electron chi connectivity index (χ2n) is 8.98. The number of methoxy groups -OCH3 is 1. The minimum absolute atomic E-state index is 0.173. The molecule has 1 aromatic heterocycles. The second kappa shape index (κ2) is 9.19. The number of carbonyl (C=O) groups excluding carboxylic acids is 1.